The van der Waals surface area contributed by atoms with Crippen molar-refractivity contribution in [2.75, 3.05) is 13.7 Å². The minimum absolute atomic E-state index is 0.0291. The number of Topliss-reactive ketones (excluding diaryl/α,β-unsaturated/α-hetero) is 2. The lowest BCUT2D eigenvalue weighted by molar-refractivity contribution is -0.137. The average Bonchev–Trinajstić information content (AvgIpc) is 2.89. The third-order valence-electron chi connectivity index (χ3n) is 8.54. The second-order valence-electron chi connectivity index (χ2n) is 13.4. The number of aliphatic carboxylic acids is 1. The number of ketones is 2. The molecule has 0 atom stereocenters. The molecule has 0 spiro atoms. The molecule has 7 nitrogen and oxygen atoms in total. The molecule has 0 saturated carbocycles. The maximum Gasteiger partial charge on any atom is 0.305 e. The Hall–Kier alpha value is -2.81. The Morgan fingerprint density at radius 2 is 1.57 bits per heavy atom. The molecule has 44 heavy (non-hydrogen) atoms. The van der Waals surface area contributed by atoms with Gasteiger partial charge in [0.05, 0.1) is 18.0 Å². The number of hydrogen-bond acceptors (Lipinski definition) is 6. The molecule has 5 rings (SSSR count). The van der Waals surface area contributed by atoms with Crippen LogP contribution in [0.15, 0.2) is 57.3 Å². The summed E-state index contributed by atoms with van der Waals surface area (Å²) in [6.45, 7) is 8.57. The number of nitrogens with zero attached hydrogens (tertiary/aromatic N) is 1. The van der Waals surface area contributed by atoms with E-state index in [1.165, 1.54) is 0 Å². The number of carbonyl (C=O) groups is 3. The van der Waals surface area contributed by atoms with Crippen LogP contribution >= 0.6 is 39.1 Å². The predicted molar refractivity (Wildman–Crippen MR) is 173 cm³/mol. The van der Waals surface area contributed by atoms with Crippen molar-refractivity contribution in [3.05, 3.63) is 78.5 Å². The average molecular weight is 705 g/mol. The molecule has 0 radical (unpaired) electrons. The number of benzene rings is 2. The lowest BCUT2D eigenvalue weighted by atomic mass is 9.63. The third kappa shape index (κ3) is 6.44. The molecule has 2 aromatic rings. The highest BCUT2D eigenvalue weighted by Crippen LogP contribution is 2.55. The molecule has 234 valence electrons. The topological polar surface area (TPSA) is 93.1 Å². The number of allylic oxidation sites excluding steroid dienone is 4. The van der Waals surface area contributed by atoms with E-state index in [1.807, 2.05) is 17.0 Å². The van der Waals surface area contributed by atoms with Gasteiger partial charge in [0, 0.05) is 63.5 Å². The standard InChI is InChI=1S/C34H36BrCl2NO6/c1-33(2)13-23-30(25(39)15-33)29(31-24(38(23)9-8-28(41)42)14-34(3,4)16-26(31)40)19-10-21(35)32(27(11-19)43-5)44-17-18-6-7-20(36)12-22(18)37/h6-7,10-12,29H,8-9,13-17H2,1-5H3,(H,41,42). The zero-order valence-corrected chi connectivity index (χ0v) is 28.6. The Morgan fingerprint density at radius 3 is 2.09 bits per heavy atom. The molecule has 1 aliphatic heterocycles. The van der Waals surface area contributed by atoms with E-state index in [-0.39, 0.29) is 42.0 Å². The minimum atomic E-state index is -0.927. The van der Waals surface area contributed by atoms with Crippen molar-refractivity contribution < 1.29 is 29.0 Å². The first-order valence-corrected chi connectivity index (χ1v) is 16.1. The summed E-state index contributed by atoms with van der Waals surface area (Å²) in [5.74, 6) is -0.709. The van der Waals surface area contributed by atoms with Crippen molar-refractivity contribution in [3.8, 4) is 11.5 Å². The Morgan fingerprint density at radius 1 is 0.977 bits per heavy atom. The van der Waals surface area contributed by atoms with Crippen LogP contribution in [0.5, 0.6) is 11.5 Å². The molecule has 0 aromatic heterocycles. The Balaban J connectivity index is 1.65. The number of methoxy groups -OCH3 is 1. The molecule has 0 fully saturated rings. The maximum atomic E-state index is 14.0. The lowest BCUT2D eigenvalue weighted by Gasteiger charge is -2.49. The van der Waals surface area contributed by atoms with Gasteiger partial charge in [-0.2, -0.15) is 0 Å². The van der Waals surface area contributed by atoms with Crippen molar-refractivity contribution in [1.82, 2.24) is 4.90 Å². The Labute approximate surface area is 276 Å². The van der Waals surface area contributed by atoms with E-state index in [9.17, 15) is 19.5 Å². The lowest BCUT2D eigenvalue weighted by Crippen LogP contribution is -2.45. The highest BCUT2D eigenvalue weighted by molar-refractivity contribution is 9.10. The fourth-order valence-corrected chi connectivity index (χ4v) is 7.73. The summed E-state index contributed by atoms with van der Waals surface area (Å²) in [4.78, 5) is 41.7. The molecule has 0 amide bonds. The monoisotopic (exact) mass is 703 g/mol. The first-order valence-electron chi connectivity index (χ1n) is 14.6. The highest BCUT2D eigenvalue weighted by Gasteiger charge is 2.49. The molecular weight excluding hydrogens is 669 g/mol. The van der Waals surface area contributed by atoms with Crippen LogP contribution < -0.4 is 9.47 Å². The predicted octanol–water partition coefficient (Wildman–Crippen LogP) is 8.50. The number of hydrogen-bond donors (Lipinski definition) is 1. The summed E-state index contributed by atoms with van der Waals surface area (Å²) in [5.41, 5.74) is 3.61. The first-order chi connectivity index (χ1) is 20.6. The van der Waals surface area contributed by atoms with Crippen LogP contribution in [-0.4, -0.2) is 41.2 Å². The molecule has 0 saturated heterocycles. The Kier molecular flexibility index (Phi) is 9.02. The van der Waals surface area contributed by atoms with E-state index in [1.54, 1.807) is 25.3 Å². The van der Waals surface area contributed by atoms with Gasteiger partial charge in [0.15, 0.2) is 23.1 Å². The summed E-state index contributed by atoms with van der Waals surface area (Å²) in [6, 6.07) is 8.91. The van der Waals surface area contributed by atoms with Crippen LogP contribution in [0, 0.1) is 10.8 Å². The van der Waals surface area contributed by atoms with Crippen LogP contribution in [0.1, 0.15) is 76.8 Å². The highest BCUT2D eigenvalue weighted by atomic mass is 79.9. The van der Waals surface area contributed by atoms with Crippen molar-refractivity contribution in [3.63, 3.8) is 0 Å². The van der Waals surface area contributed by atoms with E-state index in [0.717, 1.165) is 22.5 Å². The van der Waals surface area contributed by atoms with Crippen molar-refractivity contribution in [2.24, 2.45) is 10.8 Å². The van der Waals surface area contributed by atoms with Gasteiger partial charge >= 0.3 is 5.97 Å². The second kappa shape index (κ2) is 12.2. The van der Waals surface area contributed by atoms with E-state index >= 15 is 0 Å². The molecule has 2 aliphatic carbocycles. The van der Waals surface area contributed by atoms with Gasteiger partial charge in [-0.05, 0) is 69.4 Å². The van der Waals surface area contributed by atoms with Gasteiger partial charge in [-0.15, -0.1) is 0 Å². The van der Waals surface area contributed by atoms with E-state index < -0.39 is 11.9 Å². The molecule has 3 aliphatic rings. The third-order valence-corrected chi connectivity index (χ3v) is 9.72. The summed E-state index contributed by atoms with van der Waals surface area (Å²) < 4.78 is 12.6. The van der Waals surface area contributed by atoms with Gasteiger partial charge in [0.25, 0.3) is 0 Å². The number of rotatable bonds is 8. The zero-order chi connectivity index (χ0) is 32.1. The molecule has 10 heteroatoms. The largest absolute Gasteiger partial charge is 0.493 e. The molecule has 2 aromatic carbocycles. The van der Waals surface area contributed by atoms with Gasteiger partial charge in [0.1, 0.15) is 6.61 Å². The van der Waals surface area contributed by atoms with E-state index in [4.69, 9.17) is 32.7 Å². The molecule has 0 unspecified atom stereocenters. The first kappa shape index (κ1) is 32.6. The summed E-state index contributed by atoms with van der Waals surface area (Å²) in [6.07, 6.45) is 1.75. The van der Waals surface area contributed by atoms with E-state index in [2.05, 4.69) is 43.6 Å². The number of carbonyl (C=O) groups excluding carboxylic acids is 2. The zero-order valence-electron chi connectivity index (χ0n) is 25.5. The van der Waals surface area contributed by atoms with Gasteiger partial charge in [-0.1, -0.05) is 57.0 Å². The smallest absolute Gasteiger partial charge is 0.305 e. The van der Waals surface area contributed by atoms with Crippen molar-refractivity contribution in [1.29, 1.82) is 0 Å². The maximum absolute atomic E-state index is 14.0. The van der Waals surface area contributed by atoms with Crippen LogP contribution in [0.4, 0.5) is 0 Å². The molecule has 1 heterocycles. The number of ether oxygens (including phenoxy) is 2. The van der Waals surface area contributed by atoms with Crippen LogP contribution in [-0.2, 0) is 21.0 Å². The normalized spacial score (nSPS) is 19.6. The van der Waals surface area contributed by atoms with Crippen LogP contribution in [0.25, 0.3) is 0 Å². The SMILES string of the molecule is COc1cc(C2C3=C(CC(C)(C)CC3=O)N(CCC(=O)O)C3=C2C(=O)CC(C)(C)C3)cc(Br)c1OCc1ccc(Cl)cc1Cl. The number of halogens is 3. The van der Waals surface area contributed by atoms with Crippen LogP contribution in [0.2, 0.25) is 10.0 Å². The van der Waals surface area contributed by atoms with Gasteiger partial charge in [0.2, 0.25) is 0 Å². The van der Waals surface area contributed by atoms with Crippen LogP contribution in [0.3, 0.4) is 0 Å². The molecular formula is C34H36BrCl2NO6. The molecule has 0 bridgehead atoms. The fourth-order valence-electron chi connectivity index (χ4n) is 6.69. The van der Waals surface area contributed by atoms with Crippen molar-refractivity contribution >= 4 is 56.7 Å². The molecule has 1 N–H and O–H groups in total. The van der Waals surface area contributed by atoms with E-state index in [0.29, 0.717) is 62.8 Å². The van der Waals surface area contributed by atoms with Gasteiger partial charge in [-0.3, -0.25) is 14.4 Å². The Bertz CT molecular complexity index is 1570. The number of carboxylic acid groups (broad SMARTS) is 1. The second-order valence-corrected chi connectivity index (χ2v) is 15.1. The fraction of sp³-hybridized carbons (Fsp3) is 0.441. The summed E-state index contributed by atoms with van der Waals surface area (Å²) in [7, 11) is 1.54. The van der Waals surface area contributed by atoms with Gasteiger partial charge < -0.3 is 19.5 Å². The van der Waals surface area contributed by atoms with Gasteiger partial charge in [-0.25, -0.2) is 0 Å². The van der Waals surface area contributed by atoms with Crippen molar-refractivity contribution in [2.45, 2.75) is 72.3 Å². The summed E-state index contributed by atoms with van der Waals surface area (Å²) in [5, 5.41) is 10.6. The minimum Gasteiger partial charge on any atom is -0.493 e. The quantitative estimate of drug-likeness (QED) is 0.295. The number of carboxylic acids is 1. The summed E-state index contributed by atoms with van der Waals surface area (Å²) >= 11 is 16.1.